The van der Waals surface area contributed by atoms with Crippen molar-refractivity contribution in [1.82, 2.24) is 5.32 Å². The average Bonchev–Trinajstić information content (AvgIpc) is 2.97. The molecule has 2 aliphatic rings. The molecule has 2 aliphatic heterocycles. The van der Waals surface area contributed by atoms with Gasteiger partial charge in [-0.3, -0.25) is 0 Å². The van der Waals surface area contributed by atoms with Crippen molar-refractivity contribution < 1.29 is 4.39 Å². The van der Waals surface area contributed by atoms with Gasteiger partial charge in [0.2, 0.25) is 0 Å². The number of halogens is 1. The van der Waals surface area contributed by atoms with E-state index in [1.807, 2.05) is 12.1 Å². The average molecular weight is 268 g/mol. The molecule has 0 aromatic heterocycles. The minimum atomic E-state index is -0.156. The van der Waals surface area contributed by atoms with Crippen LogP contribution in [-0.2, 0) is 0 Å². The second-order valence-corrected chi connectivity index (χ2v) is 5.65. The Hall–Kier alpha value is -1.87. The van der Waals surface area contributed by atoms with E-state index in [1.165, 1.54) is 11.6 Å². The monoisotopic (exact) mass is 268 g/mol. The lowest BCUT2D eigenvalue weighted by Crippen LogP contribution is -2.32. The van der Waals surface area contributed by atoms with Gasteiger partial charge in [-0.05, 0) is 42.3 Å². The Bertz CT molecular complexity index is 626. The van der Waals surface area contributed by atoms with E-state index in [4.69, 9.17) is 0 Å². The minimum Gasteiger partial charge on any atom is -0.378 e. The summed E-state index contributed by atoms with van der Waals surface area (Å²) < 4.78 is 13.5. The van der Waals surface area contributed by atoms with Gasteiger partial charge in [0.1, 0.15) is 5.82 Å². The molecule has 4 rings (SSSR count). The summed E-state index contributed by atoms with van der Waals surface area (Å²) in [5.74, 6) is 0.322. The zero-order chi connectivity index (χ0) is 13.5. The Morgan fingerprint density at radius 1 is 1.00 bits per heavy atom. The van der Waals surface area contributed by atoms with Gasteiger partial charge in [-0.1, -0.05) is 30.3 Å². The van der Waals surface area contributed by atoms with Crippen LogP contribution >= 0.6 is 0 Å². The molecule has 2 N–H and O–H groups in total. The maximum Gasteiger partial charge on any atom is 0.123 e. The fourth-order valence-electron chi connectivity index (χ4n) is 3.61. The maximum absolute atomic E-state index is 13.5. The Morgan fingerprint density at radius 3 is 2.70 bits per heavy atom. The van der Waals surface area contributed by atoms with Crippen molar-refractivity contribution in [1.29, 1.82) is 0 Å². The molecule has 0 saturated carbocycles. The van der Waals surface area contributed by atoms with E-state index in [2.05, 4.69) is 34.9 Å². The number of hydrogen-bond donors (Lipinski definition) is 2. The summed E-state index contributed by atoms with van der Waals surface area (Å²) in [5, 5.41) is 7.14. The van der Waals surface area contributed by atoms with Gasteiger partial charge in [0.15, 0.2) is 0 Å². The summed E-state index contributed by atoms with van der Waals surface area (Å²) in [7, 11) is 0. The van der Waals surface area contributed by atoms with Crippen molar-refractivity contribution in [2.45, 2.75) is 18.5 Å². The third-order valence-corrected chi connectivity index (χ3v) is 4.52. The second kappa shape index (κ2) is 4.60. The van der Waals surface area contributed by atoms with Gasteiger partial charge in [0.25, 0.3) is 0 Å². The van der Waals surface area contributed by atoms with E-state index in [0.29, 0.717) is 12.0 Å². The summed E-state index contributed by atoms with van der Waals surface area (Å²) >= 11 is 0. The number of hydrogen-bond acceptors (Lipinski definition) is 2. The number of anilines is 1. The van der Waals surface area contributed by atoms with Crippen LogP contribution in [0.25, 0.3) is 0 Å². The van der Waals surface area contributed by atoms with Gasteiger partial charge < -0.3 is 10.6 Å². The predicted octanol–water partition coefficient (Wildman–Crippen LogP) is 3.64. The molecule has 0 aliphatic carbocycles. The van der Waals surface area contributed by atoms with Gasteiger partial charge >= 0.3 is 0 Å². The quantitative estimate of drug-likeness (QED) is 0.825. The molecule has 1 fully saturated rings. The molecule has 0 spiro atoms. The molecule has 0 amide bonds. The van der Waals surface area contributed by atoms with Crippen LogP contribution in [0.15, 0.2) is 48.5 Å². The number of nitrogens with one attached hydrogen (secondary N) is 2. The molecular weight excluding hydrogens is 251 g/mol. The summed E-state index contributed by atoms with van der Waals surface area (Å²) in [5.41, 5.74) is 3.43. The summed E-state index contributed by atoms with van der Waals surface area (Å²) in [6, 6.07) is 16.1. The van der Waals surface area contributed by atoms with E-state index in [1.54, 1.807) is 6.07 Å². The molecule has 3 atom stereocenters. The standard InChI is InChI=1S/C17H17FN2/c18-12-6-7-15-14(10-12)17-13(8-9-19-17)16(20-15)11-4-2-1-3-5-11/h1-7,10,13,16-17,19-20H,8-9H2. The first-order chi connectivity index (χ1) is 9.83. The van der Waals surface area contributed by atoms with E-state index >= 15 is 0 Å². The molecule has 1 saturated heterocycles. The molecule has 0 bridgehead atoms. The summed E-state index contributed by atoms with van der Waals surface area (Å²) in [4.78, 5) is 0. The highest BCUT2D eigenvalue weighted by molar-refractivity contribution is 5.58. The van der Waals surface area contributed by atoms with Crippen LogP contribution in [0.1, 0.15) is 29.6 Å². The van der Waals surface area contributed by atoms with E-state index in [-0.39, 0.29) is 11.9 Å². The van der Waals surface area contributed by atoms with Crippen LogP contribution in [0.5, 0.6) is 0 Å². The van der Waals surface area contributed by atoms with E-state index in [0.717, 1.165) is 24.2 Å². The van der Waals surface area contributed by atoms with Crippen LogP contribution in [-0.4, -0.2) is 6.54 Å². The molecule has 2 aromatic carbocycles. The smallest absolute Gasteiger partial charge is 0.123 e. The van der Waals surface area contributed by atoms with E-state index < -0.39 is 0 Å². The molecule has 2 nitrogen and oxygen atoms in total. The molecule has 3 unspecified atom stereocenters. The van der Waals surface area contributed by atoms with Gasteiger partial charge in [-0.2, -0.15) is 0 Å². The van der Waals surface area contributed by atoms with Gasteiger partial charge in [-0.15, -0.1) is 0 Å². The number of fused-ring (bicyclic) bond motifs is 3. The van der Waals surface area contributed by atoms with Crippen molar-refractivity contribution >= 4 is 5.69 Å². The van der Waals surface area contributed by atoms with Crippen molar-refractivity contribution in [3.05, 3.63) is 65.5 Å². The molecule has 2 aromatic rings. The highest BCUT2D eigenvalue weighted by Gasteiger charge is 2.40. The number of rotatable bonds is 1. The zero-order valence-corrected chi connectivity index (χ0v) is 11.1. The molecule has 3 heteroatoms. The predicted molar refractivity (Wildman–Crippen MR) is 78.1 cm³/mol. The SMILES string of the molecule is Fc1ccc2c(c1)C1NCCC1C(c1ccccc1)N2. The van der Waals surface area contributed by atoms with Gasteiger partial charge in [0.05, 0.1) is 6.04 Å². The van der Waals surface area contributed by atoms with Crippen LogP contribution in [0.3, 0.4) is 0 Å². The molecule has 2 heterocycles. The third-order valence-electron chi connectivity index (χ3n) is 4.52. The Morgan fingerprint density at radius 2 is 1.85 bits per heavy atom. The Balaban J connectivity index is 1.79. The lowest BCUT2D eigenvalue weighted by Gasteiger charge is -2.37. The van der Waals surface area contributed by atoms with Crippen molar-refractivity contribution in [3.63, 3.8) is 0 Å². The van der Waals surface area contributed by atoms with Crippen LogP contribution in [0.4, 0.5) is 10.1 Å². The fraction of sp³-hybridized carbons (Fsp3) is 0.294. The Labute approximate surface area is 118 Å². The summed E-state index contributed by atoms with van der Waals surface area (Å²) in [6.45, 7) is 0.996. The highest BCUT2D eigenvalue weighted by atomic mass is 19.1. The lowest BCUT2D eigenvalue weighted by atomic mass is 9.80. The largest absolute Gasteiger partial charge is 0.378 e. The van der Waals surface area contributed by atoms with Crippen molar-refractivity contribution in [3.8, 4) is 0 Å². The maximum atomic E-state index is 13.5. The molecule has 20 heavy (non-hydrogen) atoms. The van der Waals surface area contributed by atoms with Gasteiger partial charge in [0, 0.05) is 17.6 Å². The topological polar surface area (TPSA) is 24.1 Å². The van der Waals surface area contributed by atoms with Crippen LogP contribution in [0.2, 0.25) is 0 Å². The molecule has 102 valence electrons. The molecule has 0 radical (unpaired) electrons. The van der Waals surface area contributed by atoms with Crippen molar-refractivity contribution in [2.75, 3.05) is 11.9 Å². The zero-order valence-electron chi connectivity index (χ0n) is 11.1. The normalized spacial score (nSPS) is 27.6. The fourth-order valence-corrected chi connectivity index (χ4v) is 3.61. The van der Waals surface area contributed by atoms with Gasteiger partial charge in [-0.25, -0.2) is 4.39 Å². The first-order valence-electron chi connectivity index (χ1n) is 7.17. The first kappa shape index (κ1) is 11.9. The van der Waals surface area contributed by atoms with Crippen molar-refractivity contribution in [2.24, 2.45) is 5.92 Å². The van der Waals surface area contributed by atoms with Crippen LogP contribution in [0, 0.1) is 11.7 Å². The lowest BCUT2D eigenvalue weighted by molar-refractivity contribution is 0.389. The summed E-state index contributed by atoms with van der Waals surface area (Å²) in [6.07, 6.45) is 1.12. The number of benzene rings is 2. The molecular formula is C17H17FN2. The third kappa shape index (κ3) is 1.81. The van der Waals surface area contributed by atoms with E-state index in [9.17, 15) is 4.39 Å². The minimum absolute atomic E-state index is 0.156. The van der Waals surface area contributed by atoms with Crippen LogP contribution < -0.4 is 10.6 Å². The second-order valence-electron chi connectivity index (χ2n) is 5.65. The first-order valence-corrected chi connectivity index (χ1v) is 7.17. The highest BCUT2D eigenvalue weighted by Crippen LogP contribution is 2.47. The Kier molecular flexibility index (Phi) is 2.74.